The Labute approximate surface area is 151 Å². The van der Waals surface area contributed by atoms with Crippen LogP contribution in [-0.4, -0.2) is 86.3 Å². The van der Waals surface area contributed by atoms with Crippen LogP contribution in [0, 0.1) is 0 Å². The molecule has 1 heterocycles. The Kier molecular flexibility index (Phi) is 8.48. The van der Waals surface area contributed by atoms with E-state index in [1.807, 2.05) is 0 Å². The maximum absolute atomic E-state index is 12.3. The van der Waals surface area contributed by atoms with Gasteiger partial charge < -0.3 is 31.3 Å². The number of carbonyl (C=O) groups excluding carboxylic acids is 2. The molecule has 142 valence electrons. The number of hydrogen-bond donors (Lipinski definition) is 5. The van der Waals surface area contributed by atoms with Crippen LogP contribution in [0.3, 0.4) is 0 Å². The molecule has 0 radical (unpaired) electrons. The summed E-state index contributed by atoms with van der Waals surface area (Å²) >= 11 is 0. The van der Waals surface area contributed by atoms with E-state index in [0.717, 1.165) is 21.6 Å². The maximum Gasteiger partial charge on any atom is 0.327 e. The van der Waals surface area contributed by atoms with Gasteiger partial charge in [0.2, 0.25) is 11.8 Å². The molecule has 0 aromatic rings. The van der Waals surface area contributed by atoms with E-state index in [-0.39, 0.29) is 30.4 Å². The summed E-state index contributed by atoms with van der Waals surface area (Å²) in [6, 6.07) is -3.18. The Morgan fingerprint density at radius 3 is 2.32 bits per heavy atom. The second kappa shape index (κ2) is 9.85. The number of carboxylic acids is 2. The first-order valence-corrected chi connectivity index (χ1v) is 9.83. The molecule has 0 aromatic carbocycles. The van der Waals surface area contributed by atoms with Crippen LogP contribution in [0.25, 0.3) is 0 Å². The lowest BCUT2D eigenvalue weighted by molar-refractivity contribution is -0.143. The van der Waals surface area contributed by atoms with Crippen LogP contribution in [0.1, 0.15) is 13.3 Å². The fourth-order valence-electron chi connectivity index (χ4n) is 2.16. The highest BCUT2D eigenvalue weighted by atomic mass is 33.1. The summed E-state index contributed by atoms with van der Waals surface area (Å²) in [6.45, 7) is 1.30. The number of hydrogen-bond acceptors (Lipinski definition) is 8. The minimum atomic E-state index is -1.25. The van der Waals surface area contributed by atoms with E-state index in [1.165, 1.54) is 11.8 Å². The molecular formula is C13H21N3O7S2. The fraction of sp³-hybridized carbons (Fsp3) is 0.692. The van der Waals surface area contributed by atoms with Crippen LogP contribution in [0.5, 0.6) is 0 Å². The number of carbonyl (C=O) groups is 4. The van der Waals surface area contributed by atoms with Gasteiger partial charge in [0.05, 0.1) is 6.10 Å². The summed E-state index contributed by atoms with van der Waals surface area (Å²) in [6.07, 6.45) is -0.780. The monoisotopic (exact) mass is 395 g/mol. The summed E-state index contributed by atoms with van der Waals surface area (Å²) in [5.41, 5.74) is 5.33. The van der Waals surface area contributed by atoms with E-state index in [0.29, 0.717) is 0 Å². The molecule has 2 unspecified atom stereocenters. The second-order valence-corrected chi connectivity index (χ2v) is 8.04. The molecule has 1 fully saturated rings. The minimum Gasteiger partial charge on any atom is -0.480 e. The van der Waals surface area contributed by atoms with Crippen LogP contribution >= 0.6 is 21.6 Å². The predicted molar refractivity (Wildman–Crippen MR) is 91.9 cm³/mol. The number of aliphatic hydroxyl groups excluding tert-OH is 1. The van der Waals surface area contributed by atoms with E-state index < -0.39 is 42.1 Å². The largest absolute Gasteiger partial charge is 0.480 e. The number of nitrogens with one attached hydrogen (secondary N) is 1. The quantitative estimate of drug-likeness (QED) is 0.225. The number of likely N-dealkylation sites (tertiary alicyclic amines) is 1. The molecule has 1 aliphatic heterocycles. The Balaban J connectivity index is 2.54. The van der Waals surface area contributed by atoms with Crippen molar-refractivity contribution in [2.45, 2.75) is 37.6 Å². The van der Waals surface area contributed by atoms with Gasteiger partial charge in [0, 0.05) is 31.4 Å². The molecule has 10 nitrogen and oxygen atoms in total. The predicted octanol–water partition coefficient (Wildman–Crippen LogP) is -1.67. The molecule has 25 heavy (non-hydrogen) atoms. The highest BCUT2D eigenvalue weighted by molar-refractivity contribution is 8.76. The molecule has 1 rings (SSSR count). The zero-order valence-corrected chi connectivity index (χ0v) is 15.1. The van der Waals surface area contributed by atoms with Crippen molar-refractivity contribution in [3.8, 4) is 0 Å². The average Bonchev–Trinajstić information content (AvgIpc) is 2.91. The number of carboxylic acid groups (broad SMARTS) is 2. The number of aliphatic hydroxyl groups is 1. The first-order valence-electron chi connectivity index (χ1n) is 7.34. The van der Waals surface area contributed by atoms with Crippen molar-refractivity contribution < 1.29 is 34.5 Å². The first kappa shape index (κ1) is 21.5. The van der Waals surface area contributed by atoms with Crippen LogP contribution in [0.4, 0.5) is 0 Å². The first-order chi connectivity index (χ1) is 11.6. The number of β-amino-alcohol motifs (C(OH)–C–C–N with tert-alkyl or cyclic N) is 1. The van der Waals surface area contributed by atoms with Crippen molar-refractivity contribution in [2.75, 3.05) is 18.1 Å². The minimum absolute atomic E-state index is 0.00652. The summed E-state index contributed by atoms with van der Waals surface area (Å²) in [4.78, 5) is 46.8. The summed E-state index contributed by atoms with van der Waals surface area (Å²) < 4.78 is 0. The van der Waals surface area contributed by atoms with Gasteiger partial charge in [-0.3, -0.25) is 14.4 Å². The number of aliphatic carboxylic acids is 2. The van der Waals surface area contributed by atoms with Crippen molar-refractivity contribution >= 4 is 45.3 Å². The number of nitrogens with zero attached hydrogens (tertiary/aromatic N) is 1. The van der Waals surface area contributed by atoms with Gasteiger partial charge in [-0.1, -0.05) is 21.6 Å². The Hall–Kier alpha value is -1.50. The molecule has 6 N–H and O–H groups in total. The maximum atomic E-state index is 12.3. The smallest absolute Gasteiger partial charge is 0.327 e. The average molecular weight is 395 g/mol. The molecule has 0 aliphatic carbocycles. The van der Waals surface area contributed by atoms with E-state index in [9.17, 15) is 29.4 Å². The zero-order chi connectivity index (χ0) is 19.1. The standard InChI is InChI=1S/C13H21N3O7S2/c1-6(17)16-3-7(18)2-10(16)11(19)15-9(13(22)23)5-25-24-4-8(14)12(20)21/h7-10,18H,2-5,14H2,1H3,(H,15,19)(H,20,21)(H,22,23)/t7?,8?,9-,10-/m0/s1. The summed E-state index contributed by atoms with van der Waals surface area (Å²) in [7, 11) is 2.17. The third kappa shape index (κ3) is 6.72. The summed E-state index contributed by atoms with van der Waals surface area (Å²) in [5, 5.41) is 29.8. The Morgan fingerprint density at radius 1 is 1.20 bits per heavy atom. The Bertz CT molecular complexity index is 534. The number of amides is 2. The summed E-state index contributed by atoms with van der Waals surface area (Å²) in [5.74, 6) is -3.35. The molecule has 0 spiro atoms. The normalized spacial score (nSPS) is 22.3. The lowest BCUT2D eigenvalue weighted by Gasteiger charge is -2.24. The van der Waals surface area contributed by atoms with Crippen LogP contribution in [0.15, 0.2) is 0 Å². The molecule has 4 atom stereocenters. The van der Waals surface area contributed by atoms with Gasteiger partial charge in [-0.05, 0) is 0 Å². The number of nitrogens with two attached hydrogens (primary N) is 1. The fourth-order valence-corrected chi connectivity index (χ4v) is 4.43. The van der Waals surface area contributed by atoms with Crippen LogP contribution in [-0.2, 0) is 19.2 Å². The van der Waals surface area contributed by atoms with Gasteiger partial charge in [0.15, 0.2) is 0 Å². The molecule has 0 bridgehead atoms. The lowest BCUT2D eigenvalue weighted by Crippen LogP contribution is -2.51. The van der Waals surface area contributed by atoms with Gasteiger partial charge in [-0.25, -0.2) is 4.79 Å². The molecule has 2 amide bonds. The zero-order valence-electron chi connectivity index (χ0n) is 13.5. The third-order valence-corrected chi connectivity index (χ3v) is 5.93. The lowest BCUT2D eigenvalue weighted by atomic mass is 10.1. The van der Waals surface area contributed by atoms with E-state index in [4.69, 9.17) is 10.8 Å². The molecule has 0 aromatic heterocycles. The SMILES string of the molecule is CC(=O)N1CC(O)C[C@H]1C(=O)N[C@@H](CSSCC(N)C(=O)O)C(=O)O. The molecule has 0 saturated carbocycles. The van der Waals surface area contributed by atoms with Crippen LogP contribution in [0.2, 0.25) is 0 Å². The van der Waals surface area contributed by atoms with Gasteiger partial charge in [0.1, 0.15) is 18.1 Å². The van der Waals surface area contributed by atoms with Crippen molar-refractivity contribution in [3.63, 3.8) is 0 Å². The Morgan fingerprint density at radius 2 is 1.80 bits per heavy atom. The van der Waals surface area contributed by atoms with E-state index >= 15 is 0 Å². The molecule has 1 aliphatic rings. The topological polar surface area (TPSA) is 170 Å². The van der Waals surface area contributed by atoms with Gasteiger partial charge in [-0.15, -0.1) is 0 Å². The van der Waals surface area contributed by atoms with Crippen molar-refractivity contribution in [1.82, 2.24) is 10.2 Å². The van der Waals surface area contributed by atoms with E-state index in [2.05, 4.69) is 5.32 Å². The van der Waals surface area contributed by atoms with Crippen molar-refractivity contribution in [2.24, 2.45) is 5.73 Å². The van der Waals surface area contributed by atoms with Crippen LogP contribution < -0.4 is 11.1 Å². The second-order valence-electron chi connectivity index (χ2n) is 5.49. The van der Waals surface area contributed by atoms with Crippen molar-refractivity contribution in [3.05, 3.63) is 0 Å². The van der Waals surface area contributed by atoms with Gasteiger partial charge in [-0.2, -0.15) is 0 Å². The molecule has 12 heteroatoms. The molecule has 1 saturated heterocycles. The molecular weight excluding hydrogens is 374 g/mol. The van der Waals surface area contributed by atoms with E-state index in [1.54, 1.807) is 0 Å². The van der Waals surface area contributed by atoms with Gasteiger partial charge in [0.25, 0.3) is 0 Å². The third-order valence-electron chi connectivity index (χ3n) is 3.48. The highest BCUT2D eigenvalue weighted by Crippen LogP contribution is 2.23. The van der Waals surface area contributed by atoms with Crippen molar-refractivity contribution in [1.29, 1.82) is 0 Å². The van der Waals surface area contributed by atoms with Gasteiger partial charge >= 0.3 is 11.9 Å². The number of rotatable bonds is 9. The highest BCUT2D eigenvalue weighted by Gasteiger charge is 2.38.